The normalized spacial score (nSPS) is 31.5. The maximum atomic E-state index is 13.3. The molecule has 4 aliphatic rings. The van der Waals surface area contributed by atoms with Gasteiger partial charge in [0.1, 0.15) is 5.76 Å². The molecule has 0 saturated heterocycles. The van der Waals surface area contributed by atoms with Crippen LogP contribution in [0.1, 0.15) is 51.2 Å². The van der Waals surface area contributed by atoms with Crippen LogP contribution in [-0.2, 0) is 45.2 Å². The first kappa shape index (κ1) is 26.0. The van der Waals surface area contributed by atoms with Crippen molar-refractivity contribution in [2.45, 2.75) is 75.8 Å². The lowest BCUT2D eigenvalue weighted by Gasteiger charge is -2.61. The Morgan fingerprint density at radius 3 is 2.42 bits per heavy atom. The number of carbonyl (C=O) groups excluding carboxylic acids is 3. The van der Waals surface area contributed by atoms with Crippen LogP contribution < -0.4 is 9.47 Å². The van der Waals surface area contributed by atoms with E-state index in [1.807, 2.05) is 12.1 Å². The first-order valence-electron chi connectivity index (χ1n) is 12.5. The second-order valence-corrected chi connectivity index (χ2v) is 10.5. The molecule has 1 saturated carbocycles. The predicted octanol–water partition coefficient (Wildman–Crippen LogP) is 1.81. The van der Waals surface area contributed by atoms with Gasteiger partial charge in [0, 0.05) is 19.4 Å². The lowest BCUT2D eigenvalue weighted by atomic mass is 9.45. The van der Waals surface area contributed by atoms with Gasteiger partial charge >= 0.3 is 23.9 Å². The minimum atomic E-state index is -2.12. The number of aliphatic carboxylic acids is 1. The summed E-state index contributed by atoms with van der Waals surface area (Å²) in [6, 6.07) is 3.79. The highest BCUT2D eigenvalue weighted by Crippen LogP contribution is 2.68. The number of esters is 3. The van der Waals surface area contributed by atoms with Crippen LogP contribution in [0.25, 0.3) is 0 Å². The molecule has 1 fully saturated rings. The van der Waals surface area contributed by atoms with Gasteiger partial charge in [-0.2, -0.15) is 0 Å². The number of hydrogen-bond acceptors (Lipinski definition) is 10. The van der Waals surface area contributed by atoms with Crippen molar-refractivity contribution < 1.29 is 53.1 Å². The minimum Gasteiger partial charge on any atom is -0.493 e. The number of hydrogen-bond donors (Lipinski definition) is 2. The lowest BCUT2D eigenvalue weighted by molar-refractivity contribution is -0.190. The zero-order valence-electron chi connectivity index (χ0n) is 21.5. The molecule has 2 N–H and O–H groups in total. The Morgan fingerprint density at radius 2 is 1.79 bits per heavy atom. The van der Waals surface area contributed by atoms with Gasteiger partial charge in [0.15, 0.2) is 17.6 Å². The molecule has 11 heteroatoms. The lowest BCUT2D eigenvalue weighted by Crippen LogP contribution is -2.69. The van der Waals surface area contributed by atoms with E-state index < -0.39 is 53.2 Å². The number of benzene rings is 1. The highest BCUT2D eigenvalue weighted by Gasteiger charge is 2.72. The molecule has 0 amide bonds. The fourth-order valence-electron chi connectivity index (χ4n) is 6.97. The molecule has 1 aromatic rings. The Morgan fingerprint density at radius 1 is 1.11 bits per heavy atom. The maximum Gasteiger partial charge on any atom is 0.357 e. The number of rotatable bonds is 7. The van der Waals surface area contributed by atoms with Gasteiger partial charge in [0.25, 0.3) is 0 Å². The van der Waals surface area contributed by atoms with Crippen molar-refractivity contribution in [1.82, 2.24) is 0 Å². The monoisotopic (exact) mass is 530 g/mol. The Bertz CT molecular complexity index is 1250. The summed E-state index contributed by atoms with van der Waals surface area (Å²) in [5.74, 6) is -3.68. The first-order chi connectivity index (χ1) is 17.9. The molecule has 204 valence electrons. The minimum absolute atomic E-state index is 0.0585. The van der Waals surface area contributed by atoms with Crippen LogP contribution in [0.2, 0.25) is 0 Å². The van der Waals surface area contributed by atoms with Crippen molar-refractivity contribution >= 4 is 23.9 Å². The van der Waals surface area contributed by atoms with Crippen LogP contribution in [0.4, 0.5) is 0 Å². The molecule has 38 heavy (non-hydrogen) atoms. The van der Waals surface area contributed by atoms with Crippen molar-refractivity contribution in [3.63, 3.8) is 0 Å². The molecule has 11 nitrogen and oxygen atoms in total. The molecule has 1 unspecified atom stereocenters. The molecule has 0 aromatic heterocycles. The summed E-state index contributed by atoms with van der Waals surface area (Å²) in [4.78, 5) is 48.3. The van der Waals surface area contributed by atoms with Crippen LogP contribution in [0, 0.1) is 11.8 Å². The van der Waals surface area contributed by atoms with Gasteiger partial charge in [0.2, 0.25) is 12.2 Å². The summed E-state index contributed by atoms with van der Waals surface area (Å²) in [5, 5.41) is 21.8. The Hall–Kier alpha value is -3.60. The number of carbonyl (C=O) groups is 4. The van der Waals surface area contributed by atoms with Crippen LogP contribution >= 0.6 is 0 Å². The van der Waals surface area contributed by atoms with Crippen molar-refractivity contribution in [3.8, 4) is 11.5 Å². The molecule has 1 aromatic carbocycles. The van der Waals surface area contributed by atoms with E-state index >= 15 is 0 Å². The summed E-state index contributed by atoms with van der Waals surface area (Å²) in [5.41, 5.74) is -0.220. The van der Waals surface area contributed by atoms with E-state index in [2.05, 4.69) is 6.92 Å². The van der Waals surface area contributed by atoms with Crippen molar-refractivity contribution in [2.24, 2.45) is 11.8 Å². The van der Waals surface area contributed by atoms with Gasteiger partial charge in [-0.3, -0.25) is 9.59 Å². The van der Waals surface area contributed by atoms with Crippen molar-refractivity contribution in [1.29, 1.82) is 0 Å². The molecule has 1 heterocycles. The Kier molecular flexibility index (Phi) is 6.17. The molecule has 1 spiro atoms. The van der Waals surface area contributed by atoms with Crippen LogP contribution in [0.15, 0.2) is 24.0 Å². The largest absolute Gasteiger partial charge is 0.493 e. The Balaban J connectivity index is 1.56. The molecule has 1 aliphatic heterocycles. The standard InChI is InChI=1S/C27H30O11/c1-12-7-9-26-19-15-5-6-17(34-4)20(19)38-23(26)18(8-10-27(26,33)16(12)11-15)37-25(32)22(36-14(3)29)21(24(30)31)35-13(2)28/h5-6,8,12,16,21-23,33H,7,9-11H2,1-4H3,(H,30,31)/t12?,16-,21-,22-,23-,26-,27+/m0/s1. The number of carboxylic acids is 1. The van der Waals surface area contributed by atoms with E-state index in [-0.39, 0.29) is 24.0 Å². The van der Waals surface area contributed by atoms with Gasteiger partial charge in [-0.25, -0.2) is 9.59 Å². The molecule has 5 rings (SSSR count). The van der Waals surface area contributed by atoms with Gasteiger partial charge in [-0.05, 0) is 55.2 Å². The molecule has 3 aliphatic carbocycles. The summed E-state index contributed by atoms with van der Waals surface area (Å²) in [6.45, 7) is 4.08. The topological polar surface area (TPSA) is 155 Å². The van der Waals surface area contributed by atoms with Crippen molar-refractivity contribution in [2.75, 3.05) is 7.11 Å². The second-order valence-electron chi connectivity index (χ2n) is 10.5. The van der Waals surface area contributed by atoms with Crippen molar-refractivity contribution in [3.05, 3.63) is 35.1 Å². The van der Waals surface area contributed by atoms with E-state index in [4.69, 9.17) is 23.7 Å². The highest BCUT2D eigenvalue weighted by molar-refractivity contribution is 5.88. The molecular weight excluding hydrogens is 500 g/mol. The van der Waals surface area contributed by atoms with E-state index in [9.17, 15) is 29.4 Å². The Labute approximate surface area is 218 Å². The van der Waals surface area contributed by atoms with E-state index in [1.165, 1.54) is 7.11 Å². The zero-order valence-corrected chi connectivity index (χ0v) is 21.5. The zero-order chi connectivity index (χ0) is 27.6. The third-order valence-corrected chi connectivity index (χ3v) is 8.49. The summed E-state index contributed by atoms with van der Waals surface area (Å²) < 4.78 is 27.3. The van der Waals surface area contributed by atoms with E-state index in [1.54, 1.807) is 6.08 Å². The van der Waals surface area contributed by atoms with E-state index in [0.29, 0.717) is 24.3 Å². The number of ether oxygens (including phenoxy) is 5. The average molecular weight is 531 g/mol. The SMILES string of the molecule is COc1ccc2c3c1O[C@H]1C(OC(=O)[C@@H](OC(C)=O)[C@H](OC(C)=O)C(=O)O)=CC[C@@]4(O)[C@@H](C2)C(C)CC[C@]314. The fourth-order valence-corrected chi connectivity index (χ4v) is 6.97. The smallest absolute Gasteiger partial charge is 0.357 e. The quantitative estimate of drug-likeness (QED) is 0.392. The van der Waals surface area contributed by atoms with Crippen LogP contribution in [0.5, 0.6) is 11.5 Å². The summed E-state index contributed by atoms with van der Waals surface area (Å²) in [7, 11) is 1.52. The second kappa shape index (κ2) is 9.00. The number of methoxy groups -OCH3 is 1. The fraction of sp³-hybridized carbons (Fsp3) is 0.556. The number of carboxylic acid groups (broad SMARTS) is 1. The van der Waals surface area contributed by atoms with Gasteiger partial charge in [-0.15, -0.1) is 0 Å². The average Bonchev–Trinajstić information content (AvgIpc) is 3.20. The third-order valence-electron chi connectivity index (χ3n) is 8.49. The molecule has 0 radical (unpaired) electrons. The molecular formula is C27H30O11. The summed E-state index contributed by atoms with van der Waals surface area (Å²) in [6.07, 6.45) is -1.31. The molecule has 2 bridgehead atoms. The summed E-state index contributed by atoms with van der Waals surface area (Å²) >= 11 is 0. The maximum absolute atomic E-state index is 13.3. The van der Waals surface area contributed by atoms with Gasteiger partial charge in [-0.1, -0.05) is 13.0 Å². The number of aliphatic hydroxyl groups is 1. The third kappa shape index (κ3) is 3.58. The van der Waals surface area contributed by atoms with Crippen LogP contribution in [0.3, 0.4) is 0 Å². The molecule has 7 atom stereocenters. The predicted molar refractivity (Wildman–Crippen MR) is 127 cm³/mol. The van der Waals surface area contributed by atoms with Crippen LogP contribution in [-0.4, -0.2) is 65.1 Å². The van der Waals surface area contributed by atoms with Gasteiger partial charge in [0.05, 0.1) is 18.1 Å². The van der Waals surface area contributed by atoms with E-state index in [0.717, 1.165) is 31.4 Å². The highest BCUT2D eigenvalue weighted by atomic mass is 16.6. The first-order valence-corrected chi connectivity index (χ1v) is 12.5. The van der Waals surface area contributed by atoms with Gasteiger partial charge < -0.3 is 33.9 Å².